The average Bonchev–Trinajstić information content (AvgIpc) is 2.87. The first-order valence-corrected chi connectivity index (χ1v) is 10.7. The van der Waals surface area contributed by atoms with Crippen LogP contribution < -0.4 is 0 Å². The highest BCUT2D eigenvalue weighted by molar-refractivity contribution is 5.86. The number of aliphatic hydroxyl groups is 1. The Morgan fingerprint density at radius 2 is 1.78 bits per heavy atom. The van der Waals surface area contributed by atoms with Crippen LogP contribution in [0.15, 0.2) is 11.6 Å². The minimum Gasteiger partial charge on any atom is -0.462 e. The number of Topliss-reactive ketones (excluding diaryl/α,β-unsaturated/α-hetero) is 1. The lowest BCUT2D eigenvalue weighted by molar-refractivity contribution is -0.160. The van der Waals surface area contributed by atoms with Crippen LogP contribution in [-0.4, -0.2) is 28.6 Å². The van der Waals surface area contributed by atoms with Gasteiger partial charge in [-0.25, -0.2) is 0 Å². The molecule has 0 aromatic heterocycles. The molecule has 0 aromatic carbocycles. The van der Waals surface area contributed by atoms with Crippen LogP contribution in [0, 0.1) is 28.6 Å². The molecule has 0 radical (unpaired) electrons. The second-order valence-corrected chi connectivity index (χ2v) is 10.1. The Balaban J connectivity index is 1.61. The highest BCUT2D eigenvalue weighted by Crippen LogP contribution is 2.67. The van der Waals surface area contributed by atoms with Gasteiger partial charge in [-0.1, -0.05) is 25.5 Å². The summed E-state index contributed by atoms with van der Waals surface area (Å²) in [5, 5.41) is 11.2. The van der Waals surface area contributed by atoms with Crippen molar-refractivity contribution in [3.05, 3.63) is 11.6 Å². The third kappa shape index (κ3) is 2.58. The normalized spacial score (nSPS) is 48.7. The van der Waals surface area contributed by atoms with Gasteiger partial charge in [0.1, 0.15) is 11.7 Å². The summed E-state index contributed by atoms with van der Waals surface area (Å²) in [6.45, 7) is 7.64. The third-order valence-electron chi connectivity index (χ3n) is 9.13. The van der Waals surface area contributed by atoms with Crippen molar-refractivity contribution in [2.45, 2.75) is 90.8 Å². The lowest BCUT2D eigenvalue weighted by Gasteiger charge is -2.58. The number of allylic oxidation sites excluding steroid dienone is 1. The van der Waals surface area contributed by atoms with Gasteiger partial charge in [-0.15, -0.1) is 0 Å². The quantitative estimate of drug-likeness (QED) is 0.581. The van der Waals surface area contributed by atoms with Gasteiger partial charge in [0, 0.05) is 18.8 Å². The van der Waals surface area contributed by atoms with E-state index in [-0.39, 0.29) is 28.7 Å². The van der Waals surface area contributed by atoms with E-state index in [0.717, 1.165) is 44.9 Å². The molecule has 0 amide bonds. The van der Waals surface area contributed by atoms with Crippen LogP contribution in [0.1, 0.15) is 79.1 Å². The van der Waals surface area contributed by atoms with Gasteiger partial charge in [-0.2, -0.15) is 0 Å². The van der Waals surface area contributed by atoms with Gasteiger partial charge in [0.25, 0.3) is 0 Å². The fourth-order valence-corrected chi connectivity index (χ4v) is 7.56. The predicted molar refractivity (Wildman–Crippen MR) is 103 cm³/mol. The molecule has 0 aliphatic heterocycles. The van der Waals surface area contributed by atoms with Crippen molar-refractivity contribution in [2.24, 2.45) is 28.6 Å². The number of fused-ring (bicyclic) bond motifs is 5. The molecule has 4 aliphatic rings. The first-order chi connectivity index (χ1) is 12.6. The van der Waals surface area contributed by atoms with Gasteiger partial charge in [-0.3, -0.25) is 9.59 Å². The van der Waals surface area contributed by atoms with Crippen LogP contribution in [0.2, 0.25) is 0 Å². The molecule has 2 unspecified atom stereocenters. The maximum atomic E-state index is 12.3. The first kappa shape index (κ1) is 19.2. The predicted octanol–water partition coefficient (Wildman–Crippen LogP) is 4.20. The Labute approximate surface area is 162 Å². The molecule has 0 saturated heterocycles. The lowest BCUT2D eigenvalue weighted by atomic mass is 9.47. The van der Waals surface area contributed by atoms with E-state index in [4.69, 9.17) is 4.74 Å². The van der Waals surface area contributed by atoms with Gasteiger partial charge in [-0.05, 0) is 75.0 Å². The van der Waals surface area contributed by atoms with Crippen molar-refractivity contribution in [1.29, 1.82) is 0 Å². The fourth-order valence-electron chi connectivity index (χ4n) is 7.56. The van der Waals surface area contributed by atoms with Crippen molar-refractivity contribution in [1.82, 2.24) is 0 Å². The third-order valence-corrected chi connectivity index (χ3v) is 9.13. The summed E-state index contributed by atoms with van der Waals surface area (Å²) in [6.07, 6.45) is 9.96. The Morgan fingerprint density at radius 3 is 2.44 bits per heavy atom. The van der Waals surface area contributed by atoms with Crippen molar-refractivity contribution in [3.63, 3.8) is 0 Å². The number of carbonyl (C=O) groups is 2. The van der Waals surface area contributed by atoms with E-state index in [9.17, 15) is 14.7 Å². The van der Waals surface area contributed by atoms with Gasteiger partial charge < -0.3 is 9.84 Å². The molecule has 4 aliphatic carbocycles. The standard InChI is InChI=1S/C23H34O4/c1-14(24)23(26)12-9-20-18-6-5-16-13-17(27-15(2)25)7-10-21(16,3)19(18)8-11-22(20,23)4/h5,17-20,26H,6-13H2,1-4H3/t17-,18+,19?,20?,21-,22-,23-/m0/s1. The number of carbonyl (C=O) groups excluding carboxylic acids is 2. The lowest BCUT2D eigenvalue weighted by Crippen LogP contribution is -2.57. The van der Waals surface area contributed by atoms with E-state index in [1.165, 1.54) is 12.5 Å². The second kappa shape index (κ2) is 6.17. The Morgan fingerprint density at radius 1 is 1.07 bits per heavy atom. The smallest absolute Gasteiger partial charge is 0.302 e. The van der Waals surface area contributed by atoms with Crippen molar-refractivity contribution in [2.75, 3.05) is 0 Å². The number of ether oxygens (including phenoxy) is 1. The molecule has 150 valence electrons. The molecule has 4 heteroatoms. The van der Waals surface area contributed by atoms with Crippen LogP contribution >= 0.6 is 0 Å². The SMILES string of the molecule is CC(=O)O[C@H]1CC[C@@]2(C)C(=CC[C@@H]3C2CC[C@@]2(C)C3CC[C@]2(O)C(C)=O)C1. The molecule has 3 saturated carbocycles. The molecule has 3 fully saturated rings. The molecule has 1 N–H and O–H groups in total. The van der Waals surface area contributed by atoms with Crippen LogP contribution in [0.25, 0.3) is 0 Å². The molecule has 4 rings (SSSR count). The number of hydrogen-bond donors (Lipinski definition) is 1. The summed E-state index contributed by atoms with van der Waals surface area (Å²) in [6, 6.07) is 0. The highest BCUT2D eigenvalue weighted by atomic mass is 16.5. The van der Waals surface area contributed by atoms with E-state index in [1.54, 1.807) is 6.92 Å². The summed E-state index contributed by atoms with van der Waals surface area (Å²) in [5.41, 5.74) is 0.235. The van der Waals surface area contributed by atoms with Crippen LogP contribution in [-0.2, 0) is 14.3 Å². The zero-order valence-electron chi connectivity index (χ0n) is 17.2. The van der Waals surface area contributed by atoms with Gasteiger partial charge in [0.15, 0.2) is 5.78 Å². The summed E-state index contributed by atoms with van der Waals surface area (Å²) >= 11 is 0. The summed E-state index contributed by atoms with van der Waals surface area (Å²) in [7, 11) is 0. The van der Waals surface area contributed by atoms with Crippen molar-refractivity contribution in [3.8, 4) is 0 Å². The van der Waals surface area contributed by atoms with Crippen molar-refractivity contribution < 1.29 is 19.4 Å². The second-order valence-electron chi connectivity index (χ2n) is 10.1. The van der Waals surface area contributed by atoms with E-state index in [1.807, 2.05) is 0 Å². The van der Waals surface area contributed by atoms with Crippen LogP contribution in [0.4, 0.5) is 0 Å². The largest absolute Gasteiger partial charge is 0.462 e. The maximum absolute atomic E-state index is 12.3. The summed E-state index contributed by atoms with van der Waals surface area (Å²) in [5.74, 6) is 1.36. The summed E-state index contributed by atoms with van der Waals surface area (Å²) < 4.78 is 5.51. The van der Waals surface area contributed by atoms with E-state index >= 15 is 0 Å². The van der Waals surface area contributed by atoms with Gasteiger partial charge in [0.2, 0.25) is 0 Å². The molecule has 0 aromatic rings. The molecule has 0 bridgehead atoms. The Bertz CT molecular complexity index is 696. The zero-order valence-corrected chi connectivity index (χ0v) is 17.2. The van der Waals surface area contributed by atoms with E-state index in [0.29, 0.717) is 24.2 Å². The minimum absolute atomic E-state index is 0.0292. The fraction of sp³-hybridized carbons (Fsp3) is 0.826. The topological polar surface area (TPSA) is 63.6 Å². The Hall–Kier alpha value is -1.16. The van der Waals surface area contributed by atoms with Crippen LogP contribution in [0.3, 0.4) is 0 Å². The molecule has 0 spiro atoms. The number of esters is 1. The van der Waals surface area contributed by atoms with Gasteiger partial charge in [0.05, 0.1) is 0 Å². The Kier molecular flexibility index (Phi) is 4.38. The molecule has 4 nitrogen and oxygen atoms in total. The van der Waals surface area contributed by atoms with E-state index < -0.39 is 5.60 Å². The highest BCUT2D eigenvalue weighted by Gasteiger charge is 2.65. The maximum Gasteiger partial charge on any atom is 0.302 e. The summed E-state index contributed by atoms with van der Waals surface area (Å²) in [4.78, 5) is 23.7. The molecular formula is C23H34O4. The average molecular weight is 375 g/mol. The number of hydrogen-bond acceptors (Lipinski definition) is 4. The molecular weight excluding hydrogens is 340 g/mol. The van der Waals surface area contributed by atoms with E-state index in [2.05, 4.69) is 19.9 Å². The number of rotatable bonds is 2. The minimum atomic E-state index is -1.14. The van der Waals surface area contributed by atoms with Crippen molar-refractivity contribution >= 4 is 11.8 Å². The van der Waals surface area contributed by atoms with Gasteiger partial charge >= 0.3 is 5.97 Å². The first-order valence-electron chi connectivity index (χ1n) is 10.7. The van der Waals surface area contributed by atoms with Crippen LogP contribution in [0.5, 0.6) is 0 Å². The zero-order chi connectivity index (χ0) is 19.6. The number of ketones is 1. The molecule has 27 heavy (non-hydrogen) atoms. The molecule has 7 atom stereocenters. The monoisotopic (exact) mass is 374 g/mol. The molecule has 0 heterocycles.